The third-order valence-electron chi connectivity index (χ3n) is 3.74. The van der Waals surface area contributed by atoms with Gasteiger partial charge < -0.3 is 15.4 Å². The Morgan fingerprint density at radius 1 is 1.39 bits per heavy atom. The first kappa shape index (κ1) is 15.7. The van der Waals surface area contributed by atoms with Gasteiger partial charge in [-0.15, -0.1) is 11.3 Å². The number of fused-ring (bicyclic) bond motifs is 1. The van der Waals surface area contributed by atoms with Crippen molar-refractivity contribution in [3.05, 3.63) is 44.9 Å². The second-order valence-electron chi connectivity index (χ2n) is 5.81. The van der Waals surface area contributed by atoms with Gasteiger partial charge in [0.1, 0.15) is 0 Å². The number of aromatic amines is 1. The molecule has 23 heavy (non-hydrogen) atoms. The van der Waals surface area contributed by atoms with Gasteiger partial charge in [0, 0.05) is 22.9 Å². The zero-order valence-corrected chi connectivity index (χ0v) is 14.1. The van der Waals surface area contributed by atoms with Crippen LogP contribution >= 0.6 is 11.3 Å². The van der Waals surface area contributed by atoms with E-state index in [-0.39, 0.29) is 12.0 Å². The maximum atomic E-state index is 12.4. The van der Waals surface area contributed by atoms with Crippen LogP contribution in [0.25, 0.3) is 22.3 Å². The summed E-state index contributed by atoms with van der Waals surface area (Å²) in [5, 5.41) is 16.0. The van der Waals surface area contributed by atoms with E-state index < -0.39 is 0 Å². The molecule has 0 amide bonds. The number of hydrogen-bond donors (Lipinski definition) is 3. The predicted molar refractivity (Wildman–Crippen MR) is 95.1 cm³/mol. The van der Waals surface area contributed by atoms with Crippen molar-refractivity contribution < 1.29 is 5.11 Å². The summed E-state index contributed by atoms with van der Waals surface area (Å²) in [5.74, 6) is 0. The number of pyridine rings is 1. The average molecular weight is 329 g/mol. The Morgan fingerprint density at radius 2 is 2.17 bits per heavy atom. The maximum Gasteiger partial charge on any atom is 0.190 e. The van der Waals surface area contributed by atoms with E-state index in [1.165, 1.54) is 11.3 Å². The standard InChI is InChI=1S/C17H19N3O2S/c1-9(2)18-17-20-14(8-23-17)13-6-15(22)12-5-4-11(7-21)10(3)16(12)19-13/h4-6,8-9,21H,7H2,1-3H3,(H,18,20)(H,19,22). The first-order valence-corrected chi connectivity index (χ1v) is 8.36. The Morgan fingerprint density at radius 3 is 2.87 bits per heavy atom. The van der Waals surface area contributed by atoms with Gasteiger partial charge in [-0.1, -0.05) is 6.07 Å². The molecule has 0 radical (unpaired) electrons. The van der Waals surface area contributed by atoms with Gasteiger partial charge >= 0.3 is 0 Å². The quantitative estimate of drug-likeness (QED) is 0.686. The Hall–Kier alpha value is -2.18. The minimum absolute atomic E-state index is 0.0484. The van der Waals surface area contributed by atoms with E-state index in [1.54, 1.807) is 18.2 Å². The van der Waals surface area contributed by atoms with Crippen molar-refractivity contribution in [2.24, 2.45) is 0 Å². The van der Waals surface area contributed by atoms with Crippen LogP contribution in [-0.2, 0) is 6.61 Å². The molecule has 0 atom stereocenters. The lowest BCUT2D eigenvalue weighted by atomic mass is 10.0. The molecule has 1 aromatic carbocycles. The summed E-state index contributed by atoms with van der Waals surface area (Å²) < 4.78 is 0. The van der Waals surface area contributed by atoms with Gasteiger partial charge in [-0.25, -0.2) is 4.98 Å². The molecule has 0 fully saturated rings. The molecule has 3 N–H and O–H groups in total. The van der Waals surface area contributed by atoms with Gasteiger partial charge in [0.25, 0.3) is 0 Å². The number of aryl methyl sites for hydroxylation is 1. The summed E-state index contributed by atoms with van der Waals surface area (Å²) in [6, 6.07) is 5.43. The number of rotatable bonds is 4. The Balaban J connectivity index is 2.13. The van der Waals surface area contributed by atoms with E-state index in [2.05, 4.69) is 29.1 Å². The number of thiazole rings is 1. The van der Waals surface area contributed by atoms with E-state index in [1.807, 2.05) is 12.3 Å². The molecule has 0 spiro atoms. The fourth-order valence-electron chi connectivity index (χ4n) is 2.52. The molecule has 2 aromatic heterocycles. The third-order valence-corrected chi connectivity index (χ3v) is 4.51. The SMILES string of the molecule is Cc1c(CO)ccc2c(=O)cc(-c3csc(NC(C)C)n3)[nH]c12. The predicted octanol–water partition coefficient (Wildman–Crippen LogP) is 3.27. The highest BCUT2D eigenvalue weighted by atomic mass is 32.1. The smallest absolute Gasteiger partial charge is 0.190 e. The molecule has 6 heteroatoms. The molecule has 5 nitrogen and oxygen atoms in total. The molecule has 3 rings (SSSR count). The average Bonchev–Trinajstić information content (AvgIpc) is 2.96. The van der Waals surface area contributed by atoms with Crippen LogP contribution in [0.15, 0.2) is 28.4 Å². The van der Waals surface area contributed by atoms with Crippen LogP contribution < -0.4 is 10.7 Å². The van der Waals surface area contributed by atoms with E-state index in [0.717, 1.165) is 27.5 Å². The van der Waals surface area contributed by atoms with Crippen LogP contribution in [0.5, 0.6) is 0 Å². The number of hydrogen-bond acceptors (Lipinski definition) is 5. The second kappa shape index (κ2) is 6.14. The maximum absolute atomic E-state index is 12.4. The molecule has 0 bridgehead atoms. The Kier molecular flexibility index (Phi) is 4.19. The molecule has 0 saturated carbocycles. The summed E-state index contributed by atoms with van der Waals surface area (Å²) in [7, 11) is 0. The zero-order chi connectivity index (χ0) is 16.6. The van der Waals surface area contributed by atoms with Crippen LogP contribution in [0, 0.1) is 6.92 Å². The molecule has 0 aliphatic carbocycles. The van der Waals surface area contributed by atoms with E-state index in [4.69, 9.17) is 0 Å². The lowest BCUT2D eigenvalue weighted by Gasteiger charge is -2.09. The third kappa shape index (κ3) is 3.00. The molecule has 0 aliphatic heterocycles. The van der Waals surface area contributed by atoms with Crippen LogP contribution in [0.1, 0.15) is 25.0 Å². The zero-order valence-electron chi connectivity index (χ0n) is 13.3. The van der Waals surface area contributed by atoms with Gasteiger partial charge in [-0.3, -0.25) is 4.79 Å². The largest absolute Gasteiger partial charge is 0.392 e. The second-order valence-corrected chi connectivity index (χ2v) is 6.67. The van der Waals surface area contributed by atoms with Crippen LogP contribution in [0.4, 0.5) is 5.13 Å². The van der Waals surface area contributed by atoms with E-state index in [9.17, 15) is 9.90 Å². The van der Waals surface area contributed by atoms with Crippen molar-refractivity contribution in [3.8, 4) is 11.4 Å². The van der Waals surface area contributed by atoms with Crippen LogP contribution in [-0.4, -0.2) is 21.1 Å². The molecule has 2 heterocycles. The van der Waals surface area contributed by atoms with Gasteiger partial charge in [0.05, 0.1) is 23.5 Å². The van der Waals surface area contributed by atoms with E-state index >= 15 is 0 Å². The van der Waals surface area contributed by atoms with Gasteiger partial charge in [0.15, 0.2) is 10.6 Å². The summed E-state index contributed by atoms with van der Waals surface area (Å²) in [6.45, 7) is 5.96. The monoisotopic (exact) mass is 329 g/mol. The fourth-order valence-corrected chi connectivity index (χ4v) is 3.38. The summed E-state index contributed by atoms with van der Waals surface area (Å²) >= 11 is 1.51. The molecule has 3 aromatic rings. The summed E-state index contributed by atoms with van der Waals surface area (Å²) in [5.41, 5.74) is 3.84. The lowest BCUT2D eigenvalue weighted by molar-refractivity contribution is 0.281. The van der Waals surface area contributed by atoms with Crippen LogP contribution in [0.2, 0.25) is 0 Å². The van der Waals surface area contributed by atoms with Crippen molar-refractivity contribution in [3.63, 3.8) is 0 Å². The number of aliphatic hydroxyl groups excluding tert-OH is 1. The minimum atomic E-state index is -0.0484. The number of nitrogens with one attached hydrogen (secondary N) is 2. The first-order chi connectivity index (χ1) is 11.0. The number of H-pyrrole nitrogens is 1. The van der Waals surface area contributed by atoms with Crippen molar-refractivity contribution in [1.82, 2.24) is 9.97 Å². The van der Waals surface area contributed by atoms with Gasteiger partial charge in [0.2, 0.25) is 0 Å². The van der Waals surface area contributed by atoms with Gasteiger partial charge in [-0.2, -0.15) is 0 Å². The van der Waals surface area contributed by atoms with Gasteiger partial charge in [-0.05, 0) is 38.0 Å². The van der Waals surface area contributed by atoms with Crippen LogP contribution in [0.3, 0.4) is 0 Å². The number of benzene rings is 1. The fraction of sp³-hybridized carbons (Fsp3) is 0.294. The van der Waals surface area contributed by atoms with Crippen molar-refractivity contribution in [2.75, 3.05) is 5.32 Å². The topological polar surface area (TPSA) is 78.0 Å². The van der Waals surface area contributed by atoms with E-state index in [0.29, 0.717) is 17.1 Å². The van der Waals surface area contributed by atoms with Crippen molar-refractivity contribution in [2.45, 2.75) is 33.4 Å². The number of anilines is 1. The molecule has 0 aliphatic rings. The first-order valence-electron chi connectivity index (χ1n) is 7.48. The number of aromatic nitrogens is 2. The molecule has 0 unspecified atom stereocenters. The van der Waals surface area contributed by atoms with Crippen molar-refractivity contribution >= 4 is 27.4 Å². The molecular weight excluding hydrogens is 310 g/mol. The summed E-state index contributed by atoms with van der Waals surface area (Å²) in [4.78, 5) is 20.2. The molecular formula is C17H19N3O2S. The minimum Gasteiger partial charge on any atom is -0.392 e. The Bertz CT molecular complexity index is 912. The van der Waals surface area contributed by atoms with Crippen molar-refractivity contribution in [1.29, 1.82) is 0 Å². The molecule has 120 valence electrons. The highest BCUT2D eigenvalue weighted by Gasteiger charge is 2.11. The highest BCUT2D eigenvalue weighted by molar-refractivity contribution is 7.14. The normalized spacial score (nSPS) is 11.3. The molecule has 0 saturated heterocycles. The highest BCUT2D eigenvalue weighted by Crippen LogP contribution is 2.26. The number of nitrogens with zero attached hydrogens (tertiary/aromatic N) is 1. The Labute approximate surface area is 138 Å². The summed E-state index contributed by atoms with van der Waals surface area (Å²) in [6.07, 6.45) is 0. The lowest BCUT2D eigenvalue weighted by Crippen LogP contribution is -2.09. The number of aliphatic hydroxyl groups is 1.